The highest BCUT2D eigenvalue weighted by Gasteiger charge is 2.03. The third-order valence-electron chi connectivity index (χ3n) is 1.25. The van der Waals surface area contributed by atoms with Crippen LogP contribution in [0.25, 0.3) is 0 Å². The second kappa shape index (κ2) is 6.60. The van der Waals surface area contributed by atoms with E-state index < -0.39 is 6.29 Å². The Kier molecular flexibility index (Phi) is 6.00. The summed E-state index contributed by atoms with van der Waals surface area (Å²) in [5, 5.41) is 11.4. The number of aliphatic hydroxyl groups excluding tert-OH is 1. The molecule has 0 spiro atoms. The van der Waals surface area contributed by atoms with Crippen LogP contribution < -0.4 is 5.32 Å². The van der Waals surface area contributed by atoms with Gasteiger partial charge in [0.15, 0.2) is 0 Å². The van der Waals surface area contributed by atoms with E-state index in [2.05, 4.69) is 10.1 Å². The molecule has 0 bridgehead atoms. The highest BCUT2D eigenvalue weighted by Crippen LogP contribution is 1.89. The van der Waals surface area contributed by atoms with Crippen LogP contribution in [0.1, 0.15) is 19.8 Å². The molecule has 0 saturated heterocycles. The van der Waals surface area contributed by atoms with Gasteiger partial charge in [0.1, 0.15) is 0 Å². The summed E-state index contributed by atoms with van der Waals surface area (Å²) >= 11 is 0. The second-order valence-corrected chi connectivity index (χ2v) is 2.18. The summed E-state index contributed by atoms with van der Waals surface area (Å²) in [6.07, 6.45) is -0.505. The standard InChI is InChI=1S/C7H13NO4/c1-2-6(10)8-4-3-7(11)12-5-9/h5,7,11H,2-4H2,1H3,(H,8,10)/t7-/m1/s1. The molecule has 0 aromatic rings. The molecule has 0 saturated carbocycles. The number of hydrogen-bond donors (Lipinski definition) is 2. The van der Waals surface area contributed by atoms with Crippen molar-refractivity contribution in [1.29, 1.82) is 0 Å². The molecule has 0 radical (unpaired) electrons. The molecule has 5 nitrogen and oxygen atoms in total. The molecule has 0 aliphatic carbocycles. The van der Waals surface area contributed by atoms with E-state index in [0.717, 1.165) is 0 Å². The Morgan fingerprint density at radius 2 is 2.42 bits per heavy atom. The van der Waals surface area contributed by atoms with Crippen molar-refractivity contribution in [3.63, 3.8) is 0 Å². The molecule has 5 heteroatoms. The van der Waals surface area contributed by atoms with Crippen LogP contribution in [0.3, 0.4) is 0 Å². The average Bonchev–Trinajstić information content (AvgIpc) is 2.04. The van der Waals surface area contributed by atoms with E-state index in [1.165, 1.54) is 0 Å². The number of carbonyl (C=O) groups is 2. The van der Waals surface area contributed by atoms with Gasteiger partial charge in [-0.15, -0.1) is 0 Å². The van der Waals surface area contributed by atoms with Crippen molar-refractivity contribution in [2.75, 3.05) is 6.54 Å². The Bertz CT molecular complexity index is 148. The monoisotopic (exact) mass is 175 g/mol. The summed E-state index contributed by atoms with van der Waals surface area (Å²) in [5.41, 5.74) is 0. The third-order valence-corrected chi connectivity index (χ3v) is 1.25. The van der Waals surface area contributed by atoms with Crippen LogP contribution in [0.5, 0.6) is 0 Å². The van der Waals surface area contributed by atoms with Crippen molar-refractivity contribution in [3.05, 3.63) is 0 Å². The Morgan fingerprint density at radius 3 is 2.92 bits per heavy atom. The quantitative estimate of drug-likeness (QED) is 0.417. The summed E-state index contributed by atoms with van der Waals surface area (Å²) in [6.45, 7) is 2.21. The first kappa shape index (κ1) is 10.9. The molecule has 0 rings (SSSR count). The van der Waals surface area contributed by atoms with Crippen LogP contribution in [0.2, 0.25) is 0 Å². The molecule has 2 N–H and O–H groups in total. The van der Waals surface area contributed by atoms with Crippen molar-refractivity contribution in [3.8, 4) is 0 Å². The summed E-state index contributed by atoms with van der Waals surface area (Å²) in [5.74, 6) is -0.0895. The van der Waals surface area contributed by atoms with Crippen LogP contribution in [0.4, 0.5) is 0 Å². The topological polar surface area (TPSA) is 75.6 Å². The number of hydrogen-bond acceptors (Lipinski definition) is 4. The zero-order valence-corrected chi connectivity index (χ0v) is 6.95. The highest BCUT2D eigenvalue weighted by atomic mass is 16.6. The third kappa shape index (κ3) is 5.67. The Balaban J connectivity index is 3.29. The van der Waals surface area contributed by atoms with E-state index in [1.807, 2.05) is 0 Å². The SMILES string of the molecule is CCC(=O)NCC[C@H](O)OC=O. The van der Waals surface area contributed by atoms with Gasteiger partial charge in [-0.2, -0.15) is 0 Å². The van der Waals surface area contributed by atoms with E-state index in [0.29, 0.717) is 13.0 Å². The smallest absolute Gasteiger partial charge is 0.295 e. The van der Waals surface area contributed by atoms with E-state index >= 15 is 0 Å². The summed E-state index contributed by atoms with van der Waals surface area (Å²) in [6, 6.07) is 0. The second-order valence-electron chi connectivity index (χ2n) is 2.18. The Labute approximate surface area is 70.7 Å². The van der Waals surface area contributed by atoms with Gasteiger partial charge in [-0.1, -0.05) is 6.92 Å². The summed E-state index contributed by atoms with van der Waals surface area (Å²) < 4.78 is 4.18. The molecule has 0 aromatic carbocycles. The predicted octanol–water partition coefficient (Wildman–Crippen LogP) is -0.606. The molecule has 70 valence electrons. The highest BCUT2D eigenvalue weighted by molar-refractivity contribution is 5.75. The molecule has 1 atom stereocenters. The molecule has 0 aromatic heterocycles. The number of carbonyl (C=O) groups excluding carboxylic acids is 2. The first-order valence-electron chi connectivity index (χ1n) is 3.74. The predicted molar refractivity (Wildman–Crippen MR) is 41.1 cm³/mol. The van der Waals surface area contributed by atoms with Crippen LogP contribution in [0.15, 0.2) is 0 Å². The van der Waals surface area contributed by atoms with E-state index in [-0.39, 0.29) is 18.8 Å². The van der Waals surface area contributed by atoms with Gasteiger partial charge in [0.05, 0.1) is 0 Å². The van der Waals surface area contributed by atoms with Crippen molar-refractivity contribution < 1.29 is 19.4 Å². The van der Waals surface area contributed by atoms with Crippen LogP contribution in [-0.4, -0.2) is 30.3 Å². The fraction of sp³-hybridized carbons (Fsp3) is 0.714. The summed E-state index contributed by atoms with van der Waals surface area (Å²) in [7, 11) is 0. The maximum absolute atomic E-state index is 10.6. The largest absolute Gasteiger partial charge is 0.438 e. The number of amides is 1. The van der Waals surface area contributed by atoms with Gasteiger partial charge in [0.25, 0.3) is 6.47 Å². The van der Waals surface area contributed by atoms with Crippen LogP contribution in [0, 0.1) is 0 Å². The number of ether oxygens (including phenoxy) is 1. The minimum Gasteiger partial charge on any atom is -0.438 e. The Hall–Kier alpha value is -1.10. The lowest BCUT2D eigenvalue weighted by atomic mass is 10.4. The molecule has 0 heterocycles. The molecule has 12 heavy (non-hydrogen) atoms. The lowest BCUT2D eigenvalue weighted by Crippen LogP contribution is -2.27. The summed E-state index contributed by atoms with van der Waals surface area (Å²) in [4.78, 5) is 20.3. The van der Waals surface area contributed by atoms with Crippen LogP contribution >= 0.6 is 0 Å². The van der Waals surface area contributed by atoms with Gasteiger partial charge >= 0.3 is 0 Å². The van der Waals surface area contributed by atoms with E-state index in [9.17, 15) is 9.59 Å². The minimum atomic E-state index is -1.13. The zero-order chi connectivity index (χ0) is 9.40. The lowest BCUT2D eigenvalue weighted by Gasteiger charge is -2.08. The molecule has 0 aliphatic rings. The fourth-order valence-corrected chi connectivity index (χ4v) is 0.592. The fourth-order valence-electron chi connectivity index (χ4n) is 0.592. The van der Waals surface area contributed by atoms with Gasteiger partial charge in [0, 0.05) is 19.4 Å². The maximum atomic E-state index is 10.6. The number of nitrogens with one attached hydrogen (secondary N) is 1. The van der Waals surface area contributed by atoms with E-state index in [4.69, 9.17) is 5.11 Å². The normalized spacial score (nSPS) is 11.8. The molecule has 0 unspecified atom stereocenters. The van der Waals surface area contributed by atoms with E-state index in [1.54, 1.807) is 6.92 Å². The maximum Gasteiger partial charge on any atom is 0.295 e. The minimum absolute atomic E-state index is 0.0895. The van der Waals surface area contributed by atoms with Gasteiger partial charge in [-0.25, -0.2) is 0 Å². The van der Waals surface area contributed by atoms with Gasteiger partial charge < -0.3 is 15.2 Å². The molecule has 1 amide bonds. The lowest BCUT2D eigenvalue weighted by molar-refractivity contribution is -0.152. The first-order chi connectivity index (χ1) is 5.70. The van der Waals surface area contributed by atoms with Crippen molar-refractivity contribution in [2.45, 2.75) is 26.1 Å². The van der Waals surface area contributed by atoms with Crippen molar-refractivity contribution in [1.82, 2.24) is 5.32 Å². The number of rotatable bonds is 6. The Morgan fingerprint density at radius 1 is 1.75 bits per heavy atom. The molecular weight excluding hydrogens is 162 g/mol. The van der Waals surface area contributed by atoms with Gasteiger partial charge in [-0.3, -0.25) is 9.59 Å². The average molecular weight is 175 g/mol. The molecular formula is C7H13NO4. The van der Waals surface area contributed by atoms with Crippen molar-refractivity contribution in [2.24, 2.45) is 0 Å². The number of aliphatic hydroxyl groups is 1. The van der Waals surface area contributed by atoms with Crippen molar-refractivity contribution >= 4 is 12.4 Å². The van der Waals surface area contributed by atoms with Crippen LogP contribution in [-0.2, 0) is 14.3 Å². The van der Waals surface area contributed by atoms with Gasteiger partial charge in [0.2, 0.25) is 12.2 Å². The molecule has 0 fully saturated rings. The first-order valence-corrected chi connectivity index (χ1v) is 3.74. The zero-order valence-electron chi connectivity index (χ0n) is 6.95. The molecule has 0 aliphatic heterocycles. The van der Waals surface area contributed by atoms with Gasteiger partial charge in [-0.05, 0) is 0 Å².